The normalized spacial score (nSPS) is 19.4. The van der Waals surface area contributed by atoms with Crippen molar-refractivity contribution in [3.8, 4) is 0 Å². The second-order valence-electron chi connectivity index (χ2n) is 4.06. The Labute approximate surface area is 109 Å². The van der Waals surface area contributed by atoms with E-state index in [0.29, 0.717) is 18.0 Å². The zero-order valence-electron chi connectivity index (χ0n) is 9.84. The number of anilines is 1. The topological polar surface area (TPSA) is 101 Å². The first-order chi connectivity index (χ1) is 8.50. The molecule has 0 aromatic carbocycles. The summed E-state index contributed by atoms with van der Waals surface area (Å²) >= 11 is 1.17. The largest absolute Gasteiger partial charge is 0.363 e. The summed E-state index contributed by atoms with van der Waals surface area (Å²) in [5.41, 5.74) is 0. The van der Waals surface area contributed by atoms with E-state index >= 15 is 0 Å². The molecule has 1 aliphatic heterocycles. The smallest absolute Gasteiger partial charge is 0.282 e. The number of sulfone groups is 1. The van der Waals surface area contributed by atoms with Crippen LogP contribution in [-0.2, 0) is 9.84 Å². The maximum absolute atomic E-state index is 11.8. The van der Waals surface area contributed by atoms with Crippen LogP contribution < -0.4 is 10.6 Å². The van der Waals surface area contributed by atoms with Crippen LogP contribution in [0.15, 0.2) is 0 Å². The van der Waals surface area contributed by atoms with Crippen molar-refractivity contribution in [2.75, 3.05) is 23.9 Å². The lowest BCUT2D eigenvalue weighted by Crippen LogP contribution is -2.40. The van der Waals surface area contributed by atoms with Gasteiger partial charge in [-0.15, -0.1) is 10.2 Å². The van der Waals surface area contributed by atoms with Gasteiger partial charge in [0.15, 0.2) is 0 Å². The molecule has 1 aromatic rings. The van der Waals surface area contributed by atoms with Gasteiger partial charge in [0.05, 0.1) is 11.5 Å². The first-order valence-corrected chi connectivity index (χ1v) is 8.16. The van der Waals surface area contributed by atoms with Crippen molar-refractivity contribution in [3.05, 3.63) is 5.01 Å². The third kappa shape index (κ3) is 3.16. The maximum atomic E-state index is 11.8. The van der Waals surface area contributed by atoms with Crippen molar-refractivity contribution >= 4 is 32.2 Å². The quantitative estimate of drug-likeness (QED) is 0.805. The van der Waals surface area contributed by atoms with Crippen LogP contribution in [0.25, 0.3) is 0 Å². The zero-order valence-corrected chi connectivity index (χ0v) is 11.5. The number of aromatic nitrogens is 2. The van der Waals surface area contributed by atoms with E-state index in [1.807, 2.05) is 0 Å². The minimum Gasteiger partial charge on any atom is -0.363 e. The number of hydrogen-bond acceptors (Lipinski definition) is 7. The minimum absolute atomic E-state index is 0.0945. The van der Waals surface area contributed by atoms with Gasteiger partial charge in [0.1, 0.15) is 9.84 Å². The molecule has 0 unspecified atom stereocenters. The second kappa shape index (κ2) is 5.19. The minimum atomic E-state index is -2.90. The molecule has 0 radical (unpaired) electrons. The fourth-order valence-corrected chi connectivity index (χ4v) is 3.79. The van der Waals surface area contributed by atoms with Crippen LogP contribution in [0.2, 0.25) is 0 Å². The first kappa shape index (κ1) is 13.2. The summed E-state index contributed by atoms with van der Waals surface area (Å²) in [6.07, 6.45) is 0.928. The Morgan fingerprint density at radius 1 is 1.33 bits per heavy atom. The molecule has 1 amide bonds. The molecule has 0 atom stereocenters. The van der Waals surface area contributed by atoms with Gasteiger partial charge in [-0.2, -0.15) is 0 Å². The van der Waals surface area contributed by atoms with E-state index in [-0.39, 0.29) is 28.5 Å². The van der Waals surface area contributed by atoms with E-state index in [1.54, 1.807) is 7.05 Å². The van der Waals surface area contributed by atoms with Gasteiger partial charge >= 0.3 is 0 Å². The van der Waals surface area contributed by atoms with Gasteiger partial charge in [0.25, 0.3) is 5.91 Å². The molecule has 18 heavy (non-hydrogen) atoms. The van der Waals surface area contributed by atoms with E-state index in [9.17, 15) is 13.2 Å². The predicted octanol–water partition coefficient (Wildman–Crippen LogP) is -0.113. The fourth-order valence-electron chi connectivity index (χ4n) is 1.70. The summed E-state index contributed by atoms with van der Waals surface area (Å²) in [5.74, 6) is -0.0237. The van der Waals surface area contributed by atoms with Crippen molar-refractivity contribution in [1.82, 2.24) is 15.5 Å². The van der Waals surface area contributed by atoms with E-state index in [2.05, 4.69) is 20.8 Å². The molecule has 0 saturated carbocycles. The van der Waals surface area contributed by atoms with Crippen LogP contribution in [0, 0.1) is 0 Å². The number of carbonyl (C=O) groups excluding carboxylic acids is 1. The number of rotatable bonds is 3. The van der Waals surface area contributed by atoms with Crippen molar-refractivity contribution < 1.29 is 13.2 Å². The van der Waals surface area contributed by atoms with E-state index < -0.39 is 9.84 Å². The summed E-state index contributed by atoms with van der Waals surface area (Å²) in [6.45, 7) is 0. The molecule has 1 aliphatic rings. The Hall–Kier alpha value is -1.22. The highest BCUT2D eigenvalue weighted by atomic mass is 32.2. The molecule has 2 N–H and O–H groups in total. The van der Waals surface area contributed by atoms with Crippen molar-refractivity contribution in [1.29, 1.82) is 0 Å². The van der Waals surface area contributed by atoms with Crippen LogP contribution in [-0.4, -0.2) is 49.1 Å². The van der Waals surface area contributed by atoms with E-state index in [0.717, 1.165) is 0 Å². The Morgan fingerprint density at radius 3 is 2.56 bits per heavy atom. The van der Waals surface area contributed by atoms with Crippen molar-refractivity contribution in [2.45, 2.75) is 18.9 Å². The second-order valence-corrected chi connectivity index (χ2v) is 7.34. The number of carbonyl (C=O) groups is 1. The first-order valence-electron chi connectivity index (χ1n) is 5.53. The summed E-state index contributed by atoms with van der Waals surface area (Å²) < 4.78 is 22.5. The molecule has 0 aliphatic carbocycles. The number of nitrogens with one attached hydrogen (secondary N) is 2. The lowest BCUT2D eigenvalue weighted by molar-refractivity contribution is 0.0933. The van der Waals surface area contributed by atoms with Gasteiger partial charge < -0.3 is 10.6 Å². The summed E-state index contributed by atoms with van der Waals surface area (Å²) in [4.78, 5) is 11.8. The molecule has 1 fully saturated rings. The van der Waals surface area contributed by atoms with Crippen LogP contribution in [0.1, 0.15) is 22.6 Å². The van der Waals surface area contributed by atoms with Gasteiger partial charge in [-0.05, 0) is 12.8 Å². The molecule has 7 nitrogen and oxygen atoms in total. The molecule has 2 rings (SSSR count). The monoisotopic (exact) mass is 290 g/mol. The highest BCUT2D eigenvalue weighted by Crippen LogP contribution is 2.16. The third-order valence-corrected chi connectivity index (χ3v) is 5.38. The molecular weight excluding hydrogens is 276 g/mol. The van der Waals surface area contributed by atoms with Crippen LogP contribution in [0.5, 0.6) is 0 Å². The third-order valence-electron chi connectivity index (χ3n) is 2.72. The fraction of sp³-hybridized carbons (Fsp3) is 0.667. The lowest BCUT2D eigenvalue weighted by atomic mass is 10.1. The number of nitrogens with zero attached hydrogens (tertiary/aromatic N) is 2. The summed E-state index contributed by atoms with van der Waals surface area (Å²) in [6, 6.07) is -0.0945. The van der Waals surface area contributed by atoms with Crippen LogP contribution >= 0.6 is 11.3 Å². The lowest BCUT2D eigenvalue weighted by Gasteiger charge is -2.22. The van der Waals surface area contributed by atoms with E-state index in [1.165, 1.54) is 11.3 Å². The van der Waals surface area contributed by atoms with Gasteiger partial charge in [0.2, 0.25) is 10.1 Å². The molecule has 2 heterocycles. The Balaban J connectivity index is 1.92. The standard InChI is InChI=1S/C9H14N4O3S2/c1-10-9-13-12-8(17-9)7(14)11-6-2-4-18(15,16)5-3-6/h6H,2-5H2,1H3,(H,10,13)(H,11,14). The highest BCUT2D eigenvalue weighted by molar-refractivity contribution is 7.91. The SMILES string of the molecule is CNc1nnc(C(=O)NC2CCS(=O)(=O)CC2)s1. The molecule has 100 valence electrons. The number of hydrogen-bond donors (Lipinski definition) is 2. The van der Waals surface area contributed by atoms with Gasteiger partial charge in [-0.25, -0.2) is 8.42 Å². The average Bonchev–Trinajstić information content (AvgIpc) is 2.80. The highest BCUT2D eigenvalue weighted by Gasteiger charge is 2.25. The molecular formula is C9H14N4O3S2. The van der Waals surface area contributed by atoms with Gasteiger partial charge in [0, 0.05) is 13.1 Å². The average molecular weight is 290 g/mol. The molecule has 1 saturated heterocycles. The Morgan fingerprint density at radius 2 is 2.00 bits per heavy atom. The summed E-state index contributed by atoms with van der Waals surface area (Å²) in [7, 11) is -1.20. The van der Waals surface area contributed by atoms with Crippen LogP contribution in [0.3, 0.4) is 0 Å². The maximum Gasteiger partial charge on any atom is 0.282 e. The van der Waals surface area contributed by atoms with Crippen molar-refractivity contribution in [2.24, 2.45) is 0 Å². The Kier molecular flexibility index (Phi) is 3.81. The Bertz CT molecular complexity index is 526. The molecule has 9 heteroatoms. The summed E-state index contributed by atoms with van der Waals surface area (Å²) in [5, 5.41) is 14.0. The molecule has 1 aromatic heterocycles. The van der Waals surface area contributed by atoms with Crippen molar-refractivity contribution in [3.63, 3.8) is 0 Å². The van der Waals surface area contributed by atoms with E-state index in [4.69, 9.17) is 0 Å². The molecule has 0 spiro atoms. The van der Waals surface area contributed by atoms with Gasteiger partial charge in [-0.3, -0.25) is 4.79 Å². The van der Waals surface area contributed by atoms with Crippen LogP contribution in [0.4, 0.5) is 5.13 Å². The van der Waals surface area contributed by atoms with Gasteiger partial charge in [-0.1, -0.05) is 11.3 Å². The number of amides is 1. The predicted molar refractivity (Wildman–Crippen MR) is 68.6 cm³/mol. The zero-order chi connectivity index (χ0) is 13.2. The molecule has 0 bridgehead atoms.